The van der Waals surface area contributed by atoms with Crippen LogP contribution >= 0.6 is 0 Å². The van der Waals surface area contributed by atoms with Crippen LogP contribution < -0.4 is 18.9 Å². The van der Waals surface area contributed by atoms with E-state index in [-0.39, 0.29) is 25.6 Å². The first-order chi connectivity index (χ1) is 13.2. The van der Waals surface area contributed by atoms with E-state index in [1.54, 1.807) is 0 Å². The fraction of sp³-hybridized carbons (Fsp3) is 0.350. The van der Waals surface area contributed by atoms with Gasteiger partial charge in [-0.25, -0.2) is 4.79 Å². The minimum atomic E-state index is -0.411. The second-order valence-electron chi connectivity index (χ2n) is 7.17. The Morgan fingerprint density at radius 1 is 0.963 bits per heavy atom. The second-order valence-corrected chi connectivity index (χ2v) is 7.17. The van der Waals surface area contributed by atoms with Crippen molar-refractivity contribution in [2.45, 2.75) is 18.6 Å². The Balaban J connectivity index is 1.49. The van der Waals surface area contributed by atoms with Crippen molar-refractivity contribution in [1.29, 1.82) is 0 Å². The average molecular weight is 367 g/mol. The minimum Gasteiger partial charge on any atom is -0.454 e. The van der Waals surface area contributed by atoms with Crippen LogP contribution in [0.1, 0.15) is 39.2 Å². The lowest BCUT2D eigenvalue weighted by Crippen LogP contribution is -2.36. The summed E-state index contributed by atoms with van der Waals surface area (Å²) >= 11 is 0. The summed E-state index contributed by atoms with van der Waals surface area (Å²) in [5, 5.41) is 0. The van der Waals surface area contributed by atoms with Crippen molar-refractivity contribution in [2.24, 2.45) is 0 Å². The highest BCUT2D eigenvalue weighted by molar-refractivity contribution is 5.98. The third-order valence-electron chi connectivity index (χ3n) is 5.76. The van der Waals surface area contributed by atoms with Crippen molar-refractivity contribution in [3.05, 3.63) is 46.5 Å². The minimum absolute atomic E-state index is 0.103. The molecule has 6 rings (SSSR count). The molecule has 4 heterocycles. The van der Waals surface area contributed by atoms with Crippen LogP contribution in [0.4, 0.5) is 0 Å². The van der Waals surface area contributed by atoms with Crippen LogP contribution in [0.25, 0.3) is 0 Å². The topological polar surface area (TPSA) is 66.5 Å². The summed E-state index contributed by atoms with van der Waals surface area (Å²) in [6.45, 7) is 1.23. The molecule has 0 amide bonds. The number of fused-ring (bicyclic) bond motifs is 5. The quantitative estimate of drug-likeness (QED) is 0.718. The number of likely N-dealkylation sites (N-methyl/N-ethyl adjacent to an activating group) is 1. The molecule has 7 heteroatoms. The van der Waals surface area contributed by atoms with Crippen molar-refractivity contribution < 1.29 is 28.5 Å². The first-order valence-corrected chi connectivity index (χ1v) is 8.97. The number of ether oxygens (including phenoxy) is 5. The van der Waals surface area contributed by atoms with Crippen LogP contribution in [0.2, 0.25) is 0 Å². The largest absolute Gasteiger partial charge is 0.454 e. The van der Waals surface area contributed by atoms with Crippen molar-refractivity contribution >= 4 is 5.97 Å². The van der Waals surface area contributed by atoms with Crippen molar-refractivity contribution in [3.63, 3.8) is 0 Å². The predicted molar refractivity (Wildman–Crippen MR) is 92.4 cm³/mol. The number of hydrogen-bond acceptors (Lipinski definition) is 7. The zero-order valence-corrected chi connectivity index (χ0v) is 14.7. The monoisotopic (exact) mass is 367 g/mol. The van der Waals surface area contributed by atoms with E-state index in [4.69, 9.17) is 23.7 Å². The van der Waals surface area contributed by atoms with Crippen molar-refractivity contribution in [2.75, 3.05) is 27.2 Å². The molecule has 0 fully saturated rings. The van der Waals surface area contributed by atoms with Crippen LogP contribution in [0.3, 0.4) is 0 Å². The molecule has 138 valence electrons. The van der Waals surface area contributed by atoms with Gasteiger partial charge >= 0.3 is 5.97 Å². The summed E-state index contributed by atoms with van der Waals surface area (Å²) in [7, 11) is 2.05. The summed E-state index contributed by atoms with van der Waals surface area (Å²) in [4.78, 5) is 14.9. The van der Waals surface area contributed by atoms with Gasteiger partial charge in [-0.15, -0.1) is 0 Å². The standard InChI is InChI=1S/C20H17NO6/c1-21-5-4-10-6-14-15(25-8-24-14)7-12(10)17(21)18-11-2-3-13-19(26-9-23-13)16(11)20(22)27-18/h2-3,6-7,17-18H,4-5,8-9H2,1H3/t17-,18+/m1/s1. The van der Waals surface area contributed by atoms with Crippen molar-refractivity contribution in [1.82, 2.24) is 4.90 Å². The molecule has 0 saturated heterocycles. The lowest BCUT2D eigenvalue weighted by Gasteiger charge is -2.37. The number of rotatable bonds is 1. The van der Waals surface area contributed by atoms with E-state index in [9.17, 15) is 4.79 Å². The molecule has 4 aliphatic rings. The normalized spacial score (nSPS) is 24.6. The Morgan fingerprint density at radius 2 is 1.74 bits per heavy atom. The molecule has 0 spiro atoms. The van der Waals surface area contributed by atoms with Gasteiger partial charge < -0.3 is 23.7 Å². The predicted octanol–water partition coefficient (Wildman–Crippen LogP) is 2.58. The molecule has 0 N–H and O–H groups in total. The fourth-order valence-electron chi connectivity index (χ4n) is 4.47. The molecule has 0 aliphatic carbocycles. The number of hydrogen-bond donors (Lipinski definition) is 0. The number of carbonyl (C=O) groups excluding carboxylic acids is 1. The average Bonchev–Trinajstić information content (AvgIpc) is 3.38. The van der Waals surface area contributed by atoms with Gasteiger partial charge in [0.25, 0.3) is 0 Å². The Labute approximate surface area is 155 Å². The summed E-state index contributed by atoms with van der Waals surface area (Å²) in [6, 6.07) is 7.73. The fourth-order valence-corrected chi connectivity index (χ4v) is 4.47. The van der Waals surface area contributed by atoms with Crippen LogP contribution in [-0.4, -0.2) is 38.0 Å². The number of nitrogens with zero attached hydrogens (tertiary/aromatic N) is 1. The highest BCUT2D eigenvalue weighted by Crippen LogP contribution is 2.51. The zero-order valence-electron chi connectivity index (χ0n) is 14.7. The van der Waals surface area contributed by atoms with Gasteiger partial charge in [0.05, 0.1) is 6.04 Å². The molecule has 0 aromatic heterocycles. The van der Waals surface area contributed by atoms with Gasteiger partial charge in [0, 0.05) is 12.1 Å². The summed E-state index contributed by atoms with van der Waals surface area (Å²) in [5.41, 5.74) is 3.63. The van der Waals surface area contributed by atoms with Gasteiger partial charge in [-0.2, -0.15) is 0 Å². The van der Waals surface area contributed by atoms with E-state index in [0.29, 0.717) is 17.1 Å². The number of benzene rings is 2. The molecule has 0 bridgehead atoms. The highest BCUT2D eigenvalue weighted by atomic mass is 16.7. The van der Waals surface area contributed by atoms with E-state index in [0.717, 1.165) is 35.6 Å². The Kier molecular flexibility index (Phi) is 2.97. The molecular weight excluding hydrogens is 350 g/mol. The summed E-state index contributed by atoms with van der Waals surface area (Å²) < 4.78 is 27.9. The van der Waals surface area contributed by atoms with Crippen LogP contribution in [0, 0.1) is 0 Å². The molecular formula is C20H17NO6. The van der Waals surface area contributed by atoms with Crippen molar-refractivity contribution in [3.8, 4) is 23.0 Å². The molecule has 2 aromatic rings. The molecule has 0 radical (unpaired) electrons. The van der Waals surface area contributed by atoms with Crippen LogP contribution in [0.5, 0.6) is 23.0 Å². The van der Waals surface area contributed by atoms with Gasteiger partial charge in [0.15, 0.2) is 23.0 Å². The van der Waals surface area contributed by atoms with E-state index in [2.05, 4.69) is 18.0 Å². The van der Waals surface area contributed by atoms with E-state index in [1.165, 1.54) is 5.56 Å². The zero-order chi connectivity index (χ0) is 18.1. The smallest absolute Gasteiger partial charge is 0.343 e. The van der Waals surface area contributed by atoms with E-state index >= 15 is 0 Å². The summed E-state index contributed by atoms with van der Waals surface area (Å²) in [6.07, 6.45) is 0.500. The number of esters is 1. The number of carbonyl (C=O) groups is 1. The van der Waals surface area contributed by atoms with Crippen LogP contribution in [-0.2, 0) is 11.2 Å². The SMILES string of the molecule is CN1CCc2cc3c(cc2[C@@H]1[C@H]1OC(=O)c2c1ccc1c2OCO1)OCO3. The van der Waals surface area contributed by atoms with Gasteiger partial charge in [-0.05, 0) is 42.8 Å². The van der Waals surface area contributed by atoms with E-state index < -0.39 is 6.10 Å². The highest BCUT2D eigenvalue weighted by Gasteiger charge is 2.45. The van der Waals surface area contributed by atoms with Gasteiger partial charge in [0.1, 0.15) is 11.7 Å². The summed E-state index contributed by atoms with van der Waals surface area (Å²) in [5.74, 6) is 2.24. The molecule has 2 atom stereocenters. The third-order valence-corrected chi connectivity index (χ3v) is 5.76. The lowest BCUT2D eigenvalue weighted by atomic mass is 9.86. The Bertz CT molecular complexity index is 987. The van der Waals surface area contributed by atoms with Gasteiger partial charge in [-0.1, -0.05) is 6.07 Å². The Hall–Kier alpha value is -2.93. The molecule has 0 unspecified atom stereocenters. The molecule has 2 aromatic carbocycles. The molecule has 27 heavy (non-hydrogen) atoms. The first-order valence-electron chi connectivity index (χ1n) is 8.97. The number of cyclic esters (lactones) is 1. The molecule has 4 aliphatic heterocycles. The maximum Gasteiger partial charge on any atom is 0.343 e. The van der Waals surface area contributed by atoms with Gasteiger partial charge in [0.2, 0.25) is 13.6 Å². The maximum atomic E-state index is 12.7. The van der Waals surface area contributed by atoms with Crippen LogP contribution in [0.15, 0.2) is 24.3 Å². The third kappa shape index (κ3) is 2.03. The first kappa shape index (κ1) is 15.2. The maximum absolute atomic E-state index is 12.7. The second kappa shape index (κ2) is 5.29. The molecule has 7 nitrogen and oxygen atoms in total. The van der Waals surface area contributed by atoms with Gasteiger partial charge in [-0.3, -0.25) is 4.90 Å². The van der Waals surface area contributed by atoms with E-state index in [1.807, 2.05) is 18.2 Å². The Morgan fingerprint density at radius 3 is 2.63 bits per heavy atom. The molecule has 0 saturated carbocycles. The lowest BCUT2D eigenvalue weighted by molar-refractivity contribution is 0.00932.